The van der Waals surface area contributed by atoms with Gasteiger partial charge in [0, 0.05) is 9.40 Å². The van der Waals surface area contributed by atoms with Crippen molar-refractivity contribution < 1.29 is 4.52 Å². The Bertz CT molecular complexity index is 887. The number of fused-ring (bicyclic) bond motifs is 1. The third kappa shape index (κ3) is 2.05. The van der Waals surface area contributed by atoms with Gasteiger partial charge in [-0.3, -0.25) is 0 Å². The molecule has 5 heteroatoms. The van der Waals surface area contributed by atoms with Crippen LogP contribution in [0.3, 0.4) is 0 Å². The minimum absolute atomic E-state index is 0.366. The van der Waals surface area contributed by atoms with Gasteiger partial charge in [0.05, 0.1) is 10.4 Å². The first kappa shape index (κ1) is 12.6. The SMILES string of the molecule is Cc1ccc(-c2c(-c3cc4sccc4s3)noc2N)cc1. The van der Waals surface area contributed by atoms with E-state index in [2.05, 4.69) is 53.9 Å². The van der Waals surface area contributed by atoms with Crippen LogP contribution in [0.1, 0.15) is 5.56 Å². The van der Waals surface area contributed by atoms with Crippen molar-refractivity contribution in [2.24, 2.45) is 0 Å². The molecule has 3 heterocycles. The minimum atomic E-state index is 0.366. The van der Waals surface area contributed by atoms with Crippen molar-refractivity contribution in [3.05, 3.63) is 47.3 Å². The van der Waals surface area contributed by atoms with E-state index in [-0.39, 0.29) is 0 Å². The maximum Gasteiger partial charge on any atom is 0.230 e. The fourth-order valence-electron chi connectivity index (χ4n) is 2.35. The average molecular weight is 312 g/mol. The molecule has 0 aliphatic heterocycles. The molecule has 0 aliphatic carbocycles. The number of aromatic nitrogens is 1. The Morgan fingerprint density at radius 2 is 1.90 bits per heavy atom. The van der Waals surface area contributed by atoms with Crippen molar-refractivity contribution >= 4 is 38.0 Å². The molecule has 3 nitrogen and oxygen atoms in total. The van der Waals surface area contributed by atoms with Gasteiger partial charge in [-0.15, -0.1) is 22.7 Å². The lowest BCUT2D eigenvalue weighted by molar-refractivity contribution is 0.439. The van der Waals surface area contributed by atoms with Gasteiger partial charge in [-0.2, -0.15) is 0 Å². The zero-order chi connectivity index (χ0) is 14.4. The molecular formula is C16H12N2OS2. The summed E-state index contributed by atoms with van der Waals surface area (Å²) in [5.41, 5.74) is 9.95. The fraction of sp³-hybridized carbons (Fsp3) is 0.0625. The highest BCUT2D eigenvalue weighted by molar-refractivity contribution is 7.28. The zero-order valence-electron chi connectivity index (χ0n) is 11.3. The molecule has 0 atom stereocenters. The van der Waals surface area contributed by atoms with E-state index >= 15 is 0 Å². The van der Waals surface area contributed by atoms with Gasteiger partial charge in [0.25, 0.3) is 0 Å². The summed E-state index contributed by atoms with van der Waals surface area (Å²) < 4.78 is 7.78. The van der Waals surface area contributed by atoms with E-state index in [4.69, 9.17) is 10.3 Å². The second-order valence-electron chi connectivity index (χ2n) is 4.90. The van der Waals surface area contributed by atoms with Crippen molar-refractivity contribution in [2.75, 3.05) is 5.73 Å². The van der Waals surface area contributed by atoms with Crippen molar-refractivity contribution in [3.63, 3.8) is 0 Å². The standard InChI is InChI=1S/C16H12N2OS2/c1-9-2-4-10(5-3-9)14-15(18-19-16(14)17)13-8-12-11(21-13)6-7-20-12/h2-8H,17H2,1H3. The molecule has 2 N–H and O–H groups in total. The lowest BCUT2D eigenvalue weighted by Crippen LogP contribution is -1.87. The molecule has 0 fully saturated rings. The summed E-state index contributed by atoms with van der Waals surface area (Å²) in [6, 6.07) is 12.5. The van der Waals surface area contributed by atoms with Crippen LogP contribution in [0.5, 0.6) is 0 Å². The van der Waals surface area contributed by atoms with Gasteiger partial charge in [0.15, 0.2) is 0 Å². The molecule has 3 aromatic heterocycles. The molecule has 0 saturated heterocycles. The first-order valence-electron chi connectivity index (χ1n) is 6.52. The van der Waals surface area contributed by atoms with Crippen LogP contribution in [-0.2, 0) is 0 Å². The first-order valence-corrected chi connectivity index (χ1v) is 8.21. The van der Waals surface area contributed by atoms with Crippen LogP contribution in [0.2, 0.25) is 0 Å². The molecule has 21 heavy (non-hydrogen) atoms. The highest BCUT2D eigenvalue weighted by Gasteiger charge is 2.19. The van der Waals surface area contributed by atoms with Gasteiger partial charge in [0.1, 0.15) is 5.69 Å². The number of aryl methyl sites for hydroxylation is 1. The lowest BCUT2D eigenvalue weighted by Gasteiger charge is -2.01. The largest absolute Gasteiger partial charge is 0.367 e. The number of nitrogens with two attached hydrogens (primary N) is 1. The topological polar surface area (TPSA) is 52.0 Å². The summed E-state index contributed by atoms with van der Waals surface area (Å²) in [6.45, 7) is 2.06. The van der Waals surface area contributed by atoms with Crippen molar-refractivity contribution in [1.82, 2.24) is 5.16 Å². The van der Waals surface area contributed by atoms with Crippen LogP contribution < -0.4 is 5.73 Å². The Morgan fingerprint density at radius 1 is 1.10 bits per heavy atom. The molecule has 0 saturated carbocycles. The Morgan fingerprint density at radius 3 is 2.67 bits per heavy atom. The van der Waals surface area contributed by atoms with Crippen molar-refractivity contribution in [3.8, 4) is 21.7 Å². The molecule has 0 bridgehead atoms. The van der Waals surface area contributed by atoms with E-state index in [0.29, 0.717) is 5.88 Å². The summed E-state index contributed by atoms with van der Waals surface area (Å²) in [7, 11) is 0. The Hall–Kier alpha value is -2.11. The molecule has 4 rings (SSSR count). The average Bonchev–Trinajstić information content (AvgIpc) is 3.13. The van der Waals surface area contributed by atoms with Gasteiger partial charge in [0.2, 0.25) is 5.88 Å². The third-order valence-corrected chi connectivity index (χ3v) is 5.53. The van der Waals surface area contributed by atoms with Crippen LogP contribution >= 0.6 is 22.7 Å². The Balaban J connectivity index is 1.90. The summed E-state index contributed by atoms with van der Waals surface area (Å²) in [6.07, 6.45) is 0. The molecule has 0 aliphatic rings. The lowest BCUT2D eigenvalue weighted by atomic mass is 10.0. The van der Waals surface area contributed by atoms with E-state index in [1.54, 1.807) is 22.7 Å². The number of nitrogens with zero attached hydrogens (tertiary/aromatic N) is 1. The Labute approximate surface area is 129 Å². The maximum absolute atomic E-state index is 6.00. The van der Waals surface area contributed by atoms with Gasteiger partial charge >= 0.3 is 0 Å². The molecule has 0 radical (unpaired) electrons. The molecular weight excluding hydrogens is 300 g/mol. The van der Waals surface area contributed by atoms with Crippen LogP contribution in [-0.4, -0.2) is 5.16 Å². The highest BCUT2D eigenvalue weighted by atomic mass is 32.1. The predicted octanol–water partition coefficient (Wildman–Crippen LogP) is 5.18. The van der Waals surface area contributed by atoms with Crippen LogP contribution in [0.25, 0.3) is 31.1 Å². The zero-order valence-corrected chi connectivity index (χ0v) is 12.9. The number of rotatable bonds is 2. The van der Waals surface area contributed by atoms with E-state index in [9.17, 15) is 0 Å². The Kier molecular flexibility index (Phi) is 2.83. The first-order chi connectivity index (χ1) is 10.2. The number of hydrogen-bond acceptors (Lipinski definition) is 5. The predicted molar refractivity (Wildman–Crippen MR) is 89.8 cm³/mol. The molecule has 104 valence electrons. The summed E-state index contributed by atoms with van der Waals surface area (Å²) >= 11 is 3.45. The second-order valence-corrected chi connectivity index (χ2v) is 6.93. The van der Waals surface area contributed by atoms with E-state index < -0.39 is 0 Å². The van der Waals surface area contributed by atoms with Gasteiger partial charge in [-0.05, 0) is 30.0 Å². The summed E-state index contributed by atoms with van der Waals surface area (Å²) in [4.78, 5) is 1.09. The van der Waals surface area contributed by atoms with Crippen LogP contribution in [0.15, 0.2) is 46.3 Å². The van der Waals surface area contributed by atoms with Crippen molar-refractivity contribution in [2.45, 2.75) is 6.92 Å². The normalized spacial score (nSPS) is 11.3. The summed E-state index contributed by atoms with van der Waals surface area (Å²) in [5, 5.41) is 6.27. The quantitative estimate of drug-likeness (QED) is 0.555. The summed E-state index contributed by atoms with van der Waals surface area (Å²) in [5.74, 6) is 0.366. The van der Waals surface area contributed by atoms with Crippen LogP contribution in [0, 0.1) is 6.92 Å². The second kappa shape index (κ2) is 4.72. The number of hydrogen-bond donors (Lipinski definition) is 1. The van der Waals surface area contributed by atoms with Gasteiger partial charge < -0.3 is 10.3 Å². The van der Waals surface area contributed by atoms with Gasteiger partial charge in [-0.1, -0.05) is 35.0 Å². The highest BCUT2D eigenvalue weighted by Crippen LogP contribution is 2.42. The molecule has 0 spiro atoms. The van der Waals surface area contributed by atoms with E-state index in [1.807, 2.05) is 0 Å². The molecule has 0 amide bonds. The van der Waals surface area contributed by atoms with Gasteiger partial charge in [-0.25, -0.2) is 0 Å². The number of benzene rings is 1. The third-order valence-electron chi connectivity index (χ3n) is 3.43. The molecule has 4 aromatic rings. The number of thiophene rings is 2. The monoisotopic (exact) mass is 312 g/mol. The molecule has 1 aromatic carbocycles. The van der Waals surface area contributed by atoms with E-state index in [0.717, 1.165) is 21.7 Å². The van der Waals surface area contributed by atoms with Crippen molar-refractivity contribution in [1.29, 1.82) is 0 Å². The van der Waals surface area contributed by atoms with Crippen LogP contribution in [0.4, 0.5) is 5.88 Å². The number of nitrogen functional groups attached to an aromatic ring is 1. The maximum atomic E-state index is 6.00. The number of anilines is 1. The minimum Gasteiger partial charge on any atom is -0.367 e. The fourth-order valence-corrected chi connectivity index (χ4v) is 4.45. The molecule has 0 unspecified atom stereocenters. The smallest absolute Gasteiger partial charge is 0.230 e. The van der Waals surface area contributed by atoms with E-state index in [1.165, 1.54) is 15.0 Å².